The Labute approximate surface area is 144 Å². The summed E-state index contributed by atoms with van der Waals surface area (Å²) in [6, 6.07) is 5.63. The van der Waals surface area contributed by atoms with Crippen LogP contribution >= 0.6 is 0 Å². The summed E-state index contributed by atoms with van der Waals surface area (Å²) >= 11 is 0. The highest BCUT2D eigenvalue weighted by molar-refractivity contribution is 7.89. The minimum Gasteiger partial charge on any atom is -0.478 e. The van der Waals surface area contributed by atoms with Crippen LogP contribution in [0, 0.1) is 5.92 Å². The van der Waals surface area contributed by atoms with Crippen LogP contribution in [-0.4, -0.2) is 55.4 Å². The summed E-state index contributed by atoms with van der Waals surface area (Å²) in [5, 5.41) is 0. The molecule has 134 valence electrons. The molecule has 24 heavy (non-hydrogen) atoms. The van der Waals surface area contributed by atoms with E-state index < -0.39 is 10.0 Å². The molecule has 0 aliphatic carbocycles. The van der Waals surface area contributed by atoms with Gasteiger partial charge in [0.2, 0.25) is 15.9 Å². The minimum absolute atomic E-state index is 0.169. The smallest absolute Gasteiger partial charge is 0.213 e. The van der Waals surface area contributed by atoms with E-state index in [-0.39, 0.29) is 11.4 Å². The highest BCUT2D eigenvalue weighted by Crippen LogP contribution is 2.42. The third kappa shape index (κ3) is 3.73. The Hall–Kier alpha value is -1.18. The summed E-state index contributed by atoms with van der Waals surface area (Å²) in [5.74, 6) is 1.24. The molecular weight excluding hydrogens is 328 g/mol. The van der Waals surface area contributed by atoms with E-state index in [0.717, 1.165) is 32.3 Å². The van der Waals surface area contributed by atoms with E-state index >= 15 is 0 Å². The molecule has 0 aromatic carbocycles. The standard InChI is InChI=1S/C17H26N2O4S/c1-2-24(20,21)19-11-8-17(9-12-19)15(7-14-23-17)6-13-22-16-5-3-4-10-18-16/h3-5,10,15H,2,6-9,11-14H2,1H3/t15-/m0/s1. The lowest BCUT2D eigenvalue weighted by atomic mass is 9.78. The number of sulfonamides is 1. The van der Waals surface area contributed by atoms with Crippen LogP contribution in [0.5, 0.6) is 5.88 Å². The normalized spacial score (nSPS) is 24.3. The molecule has 0 radical (unpaired) electrons. The van der Waals surface area contributed by atoms with Gasteiger partial charge in [0.15, 0.2) is 0 Å². The molecule has 3 heterocycles. The highest BCUT2D eigenvalue weighted by atomic mass is 32.2. The summed E-state index contributed by atoms with van der Waals surface area (Å²) < 4.78 is 37.5. The van der Waals surface area contributed by atoms with Gasteiger partial charge in [0.05, 0.1) is 18.0 Å². The van der Waals surface area contributed by atoms with E-state index in [0.29, 0.717) is 31.5 Å². The highest BCUT2D eigenvalue weighted by Gasteiger charge is 2.47. The number of hydrogen-bond donors (Lipinski definition) is 0. The third-order valence-electron chi connectivity index (χ3n) is 5.28. The average Bonchev–Trinajstić information content (AvgIpc) is 2.98. The van der Waals surface area contributed by atoms with Gasteiger partial charge in [0, 0.05) is 32.0 Å². The molecular formula is C17H26N2O4S. The van der Waals surface area contributed by atoms with E-state index in [2.05, 4.69) is 4.98 Å². The summed E-state index contributed by atoms with van der Waals surface area (Å²) in [4.78, 5) is 4.17. The van der Waals surface area contributed by atoms with Gasteiger partial charge in [-0.3, -0.25) is 0 Å². The molecule has 1 atom stereocenters. The van der Waals surface area contributed by atoms with E-state index in [1.54, 1.807) is 17.4 Å². The Morgan fingerprint density at radius 3 is 2.83 bits per heavy atom. The molecule has 0 N–H and O–H groups in total. The topological polar surface area (TPSA) is 68.7 Å². The zero-order valence-corrected chi connectivity index (χ0v) is 15.0. The van der Waals surface area contributed by atoms with E-state index in [9.17, 15) is 8.42 Å². The summed E-state index contributed by atoms with van der Waals surface area (Å²) in [6.07, 6.45) is 5.21. The van der Waals surface area contributed by atoms with Gasteiger partial charge in [-0.05, 0) is 44.6 Å². The first-order valence-electron chi connectivity index (χ1n) is 8.71. The largest absolute Gasteiger partial charge is 0.478 e. The maximum absolute atomic E-state index is 12.0. The van der Waals surface area contributed by atoms with Gasteiger partial charge in [-0.2, -0.15) is 0 Å². The second kappa shape index (κ2) is 7.37. The van der Waals surface area contributed by atoms with Crippen LogP contribution in [0.2, 0.25) is 0 Å². The molecule has 6 nitrogen and oxygen atoms in total. The molecule has 1 aromatic heterocycles. The lowest BCUT2D eigenvalue weighted by molar-refractivity contribution is -0.0589. The molecule has 2 aliphatic heterocycles. The van der Waals surface area contributed by atoms with Crippen molar-refractivity contribution in [1.29, 1.82) is 0 Å². The van der Waals surface area contributed by atoms with Crippen LogP contribution in [0.1, 0.15) is 32.6 Å². The second-order valence-electron chi connectivity index (χ2n) is 6.50. The van der Waals surface area contributed by atoms with Gasteiger partial charge in [-0.15, -0.1) is 0 Å². The fourth-order valence-electron chi connectivity index (χ4n) is 3.81. The number of piperidine rings is 1. The minimum atomic E-state index is -3.09. The molecule has 2 fully saturated rings. The quantitative estimate of drug-likeness (QED) is 0.782. The molecule has 0 bridgehead atoms. The van der Waals surface area contributed by atoms with Crippen molar-refractivity contribution in [3.8, 4) is 5.88 Å². The van der Waals surface area contributed by atoms with Crippen LogP contribution in [0.25, 0.3) is 0 Å². The number of nitrogens with zero attached hydrogens (tertiary/aromatic N) is 2. The third-order valence-corrected chi connectivity index (χ3v) is 7.16. The molecule has 7 heteroatoms. The van der Waals surface area contributed by atoms with Gasteiger partial charge in [0.25, 0.3) is 0 Å². The summed E-state index contributed by atoms with van der Waals surface area (Å²) in [6.45, 7) is 4.20. The molecule has 3 rings (SSSR count). The van der Waals surface area contributed by atoms with Crippen molar-refractivity contribution in [3.63, 3.8) is 0 Å². The number of hydrogen-bond acceptors (Lipinski definition) is 5. The van der Waals surface area contributed by atoms with Crippen LogP contribution < -0.4 is 4.74 Å². The van der Waals surface area contributed by atoms with Crippen molar-refractivity contribution in [1.82, 2.24) is 9.29 Å². The Morgan fingerprint density at radius 2 is 2.17 bits per heavy atom. The number of rotatable bonds is 6. The number of aromatic nitrogens is 1. The van der Waals surface area contributed by atoms with Crippen molar-refractivity contribution >= 4 is 10.0 Å². The monoisotopic (exact) mass is 354 g/mol. The van der Waals surface area contributed by atoms with Crippen LogP contribution in [0.4, 0.5) is 0 Å². The first kappa shape index (κ1) is 17.6. The van der Waals surface area contributed by atoms with Gasteiger partial charge in [-0.25, -0.2) is 17.7 Å². The van der Waals surface area contributed by atoms with Crippen LogP contribution in [0.3, 0.4) is 0 Å². The van der Waals surface area contributed by atoms with Crippen molar-refractivity contribution in [2.45, 2.75) is 38.2 Å². The van der Waals surface area contributed by atoms with Gasteiger partial charge < -0.3 is 9.47 Å². The molecule has 1 aromatic rings. The Morgan fingerprint density at radius 1 is 1.38 bits per heavy atom. The number of ether oxygens (including phenoxy) is 2. The lowest BCUT2D eigenvalue weighted by Crippen LogP contribution is -2.49. The second-order valence-corrected chi connectivity index (χ2v) is 8.76. The molecule has 2 aliphatic rings. The average molecular weight is 354 g/mol. The fraction of sp³-hybridized carbons (Fsp3) is 0.706. The predicted molar refractivity (Wildman–Crippen MR) is 91.4 cm³/mol. The predicted octanol–water partition coefficient (Wildman–Crippen LogP) is 2.07. The van der Waals surface area contributed by atoms with Crippen molar-refractivity contribution in [3.05, 3.63) is 24.4 Å². The SMILES string of the molecule is CCS(=O)(=O)N1CCC2(CC1)OCC[C@@H]2CCOc1ccccn1. The van der Waals surface area contributed by atoms with Gasteiger partial charge in [0.1, 0.15) is 0 Å². The zero-order chi connectivity index (χ0) is 17.0. The van der Waals surface area contributed by atoms with Crippen molar-refractivity contribution in [2.24, 2.45) is 5.92 Å². The van der Waals surface area contributed by atoms with E-state index in [1.807, 2.05) is 18.2 Å². The molecule has 0 unspecified atom stereocenters. The van der Waals surface area contributed by atoms with E-state index in [4.69, 9.17) is 9.47 Å². The molecule has 0 saturated carbocycles. The summed E-state index contributed by atoms with van der Waals surface area (Å²) in [5.41, 5.74) is -0.173. The zero-order valence-electron chi connectivity index (χ0n) is 14.2. The van der Waals surface area contributed by atoms with Gasteiger partial charge in [-0.1, -0.05) is 6.07 Å². The van der Waals surface area contributed by atoms with Crippen molar-refractivity contribution < 1.29 is 17.9 Å². The van der Waals surface area contributed by atoms with E-state index in [1.165, 1.54) is 0 Å². The maximum Gasteiger partial charge on any atom is 0.213 e. The van der Waals surface area contributed by atoms with Crippen molar-refractivity contribution in [2.75, 3.05) is 32.1 Å². The van der Waals surface area contributed by atoms with Crippen LogP contribution in [-0.2, 0) is 14.8 Å². The molecule has 2 saturated heterocycles. The van der Waals surface area contributed by atoms with Gasteiger partial charge >= 0.3 is 0 Å². The number of pyridine rings is 1. The Bertz CT molecular complexity index is 627. The Kier molecular flexibility index (Phi) is 5.42. The first-order valence-corrected chi connectivity index (χ1v) is 10.3. The fourth-order valence-corrected chi connectivity index (χ4v) is 4.91. The Balaban J connectivity index is 1.54. The maximum atomic E-state index is 12.0. The lowest BCUT2D eigenvalue weighted by Gasteiger charge is -2.41. The molecule has 1 spiro atoms. The summed E-state index contributed by atoms with van der Waals surface area (Å²) in [7, 11) is -3.09. The first-order chi connectivity index (χ1) is 11.6. The molecule has 0 amide bonds. The van der Waals surface area contributed by atoms with Crippen LogP contribution in [0.15, 0.2) is 24.4 Å².